The number of carbonyl (C=O) groups is 3. The van der Waals surface area contributed by atoms with Gasteiger partial charge in [0.25, 0.3) is 5.91 Å². The SMILES string of the molecule is CC(=O)c1cccc(NC(=O)[C@H](OC(=O)c2cccs2)c2ccccc2)c1. The van der Waals surface area contributed by atoms with Crippen LogP contribution in [0.4, 0.5) is 5.69 Å². The van der Waals surface area contributed by atoms with Crippen LogP contribution in [0.25, 0.3) is 0 Å². The maximum absolute atomic E-state index is 12.8. The first-order valence-electron chi connectivity index (χ1n) is 8.26. The van der Waals surface area contributed by atoms with Crippen LogP contribution in [0.3, 0.4) is 0 Å². The van der Waals surface area contributed by atoms with Crippen molar-refractivity contribution >= 4 is 34.7 Å². The van der Waals surface area contributed by atoms with Gasteiger partial charge < -0.3 is 10.1 Å². The summed E-state index contributed by atoms with van der Waals surface area (Å²) in [6.07, 6.45) is -1.11. The monoisotopic (exact) mass is 379 g/mol. The number of amides is 1. The van der Waals surface area contributed by atoms with E-state index in [2.05, 4.69) is 5.32 Å². The second-order valence-corrected chi connectivity index (χ2v) is 6.75. The number of carbonyl (C=O) groups excluding carboxylic acids is 3. The Morgan fingerprint density at radius 2 is 1.74 bits per heavy atom. The van der Waals surface area contributed by atoms with E-state index in [9.17, 15) is 14.4 Å². The number of rotatable bonds is 6. The molecule has 1 atom stereocenters. The molecule has 0 saturated carbocycles. The van der Waals surface area contributed by atoms with Crippen molar-refractivity contribution in [3.05, 3.63) is 88.1 Å². The van der Waals surface area contributed by atoms with E-state index in [0.29, 0.717) is 21.7 Å². The maximum Gasteiger partial charge on any atom is 0.349 e. The van der Waals surface area contributed by atoms with E-state index in [0.717, 1.165) is 0 Å². The zero-order chi connectivity index (χ0) is 19.2. The van der Waals surface area contributed by atoms with Crippen molar-refractivity contribution in [1.82, 2.24) is 0 Å². The Hall–Kier alpha value is -3.25. The first-order chi connectivity index (χ1) is 13.0. The molecule has 0 fully saturated rings. The van der Waals surface area contributed by atoms with Crippen molar-refractivity contribution < 1.29 is 19.1 Å². The van der Waals surface area contributed by atoms with Crippen molar-refractivity contribution in [3.63, 3.8) is 0 Å². The molecule has 3 rings (SSSR count). The Morgan fingerprint density at radius 1 is 0.963 bits per heavy atom. The van der Waals surface area contributed by atoms with Gasteiger partial charge in [-0.05, 0) is 30.5 Å². The van der Waals surface area contributed by atoms with Gasteiger partial charge in [-0.3, -0.25) is 9.59 Å². The summed E-state index contributed by atoms with van der Waals surface area (Å²) < 4.78 is 5.49. The lowest BCUT2D eigenvalue weighted by atomic mass is 10.1. The number of esters is 1. The molecule has 0 radical (unpaired) electrons. The van der Waals surface area contributed by atoms with Gasteiger partial charge in [0.15, 0.2) is 5.78 Å². The summed E-state index contributed by atoms with van der Waals surface area (Å²) in [5.41, 5.74) is 1.50. The van der Waals surface area contributed by atoms with Crippen molar-refractivity contribution in [2.24, 2.45) is 0 Å². The summed E-state index contributed by atoms with van der Waals surface area (Å²) in [4.78, 5) is 37.1. The van der Waals surface area contributed by atoms with E-state index in [1.54, 1.807) is 66.0 Å². The van der Waals surface area contributed by atoms with Crippen LogP contribution in [0.5, 0.6) is 0 Å². The number of ketones is 1. The van der Waals surface area contributed by atoms with Gasteiger partial charge in [-0.25, -0.2) is 4.79 Å². The minimum Gasteiger partial charge on any atom is -0.443 e. The molecule has 27 heavy (non-hydrogen) atoms. The Morgan fingerprint density at radius 3 is 2.41 bits per heavy atom. The van der Waals surface area contributed by atoms with Gasteiger partial charge in [-0.1, -0.05) is 48.5 Å². The molecule has 0 aliphatic heterocycles. The molecule has 1 aromatic heterocycles. The second-order valence-electron chi connectivity index (χ2n) is 5.80. The fourth-order valence-corrected chi connectivity index (χ4v) is 3.09. The number of benzene rings is 2. The number of anilines is 1. The number of hydrogen-bond acceptors (Lipinski definition) is 5. The molecule has 0 aliphatic rings. The Balaban J connectivity index is 1.84. The number of hydrogen-bond donors (Lipinski definition) is 1. The topological polar surface area (TPSA) is 72.5 Å². The first kappa shape index (κ1) is 18.5. The molecule has 1 amide bonds. The fraction of sp³-hybridized carbons (Fsp3) is 0.0952. The lowest BCUT2D eigenvalue weighted by Gasteiger charge is -2.18. The third-order valence-corrected chi connectivity index (χ3v) is 4.67. The van der Waals surface area contributed by atoms with Gasteiger partial charge in [0.05, 0.1) is 0 Å². The summed E-state index contributed by atoms with van der Waals surface area (Å²) in [5, 5.41) is 4.49. The van der Waals surface area contributed by atoms with Crippen LogP contribution in [0, 0.1) is 0 Å². The Labute approximate surface area is 160 Å². The van der Waals surface area contributed by atoms with Crippen molar-refractivity contribution in [2.75, 3.05) is 5.32 Å². The Bertz CT molecular complexity index is 951. The fourth-order valence-electron chi connectivity index (χ4n) is 2.48. The van der Waals surface area contributed by atoms with Gasteiger partial charge in [0, 0.05) is 16.8 Å². The van der Waals surface area contributed by atoms with Gasteiger partial charge in [0.1, 0.15) is 4.88 Å². The number of Topliss-reactive ketones (excluding diaryl/α,β-unsaturated/α-hetero) is 1. The predicted octanol–water partition coefficient (Wildman–Crippen LogP) is 4.49. The molecule has 1 heterocycles. The van der Waals surface area contributed by atoms with Crippen molar-refractivity contribution in [2.45, 2.75) is 13.0 Å². The Kier molecular flexibility index (Phi) is 5.78. The highest BCUT2D eigenvalue weighted by Gasteiger charge is 2.26. The highest BCUT2D eigenvalue weighted by Crippen LogP contribution is 2.23. The summed E-state index contributed by atoms with van der Waals surface area (Å²) >= 11 is 1.25. The molecule has 0 bridgehead atoms. The molecule has 1 N–H and O–H groups in total. The average Bonchev–Trinajstić information content (AvgIpc) is 3.21. The zero-order valence-electron chi connectivity index (χ0n) is 14.5. The minimum atomic E-state index is -1.11. The highest BCUT2D eigenvalue weighted by atomic mass is 32.1. The molecule has 5 nitrogen and oxygen atoms in total. The van der Waals surface area contributed by atoms with E-state index >= 15 is 0 Å². The molecule has 0 spiro atoms. The number of ether oxygens (including phenoxy) is 1. The third kappa shape index (κ3) is 4.68. The molecule has 0 saturated heterocycles. The van der Waals surface area contributed by atoms with E-state index in [4.69, 9.17) is 4.74 Å². The van der Waals surface area contributed by atoms with Crippen LogP contribution in [0.1, 0.15) is 38.6 Å². The van der Waals surface area contributed by atoms with Crippen molar-refractivity contribution in [1.29, 1.82) is 0 Å². The summed E-state index contributed by atoms with van der Waals surface area (Å²) in [6, 6.07) is 18.8. The summed E-state index contributed by atoms with van der Waals surface area (Å²) in [6.45, 7) is 1.45. The van der Waals surface area contributed by atoms with Gasteiger partial charge in [-0.2, -0.15) is 0 Å². The molecule has 0 aliphatic carbocycles. The first-order valence-corrected chi connectivity index (χ1v) is 9.14. The molecule has 136 valence electrons. The molecule has 0 unspecified atom stereocenters. The molecular formula is C21H17NO4S. The third-order valence-electron chi connectivity index (χ3n) is 3.82. The van der Waals surface area contributed by atoms with Crippen LogP contribution in [-0.2, 0) is 9.53 Å². The lowest BCUT2D eigenvalue weighted by Crippen LogP contribution is -2.25. The van der Waals surface area contributed by atoms with Crippen LogP contribution in [-0.4, -0.2) is 17.7 Å². The van der Waals surface area contributed by atoms with Gasteiger partial charge in [-0.15, -0.1) is 11.3 Å². The normalized spacial score (nSPS) is 11.4. The van der Waals surface area contributed by atoms with E-state index in [1.807, 2.05) is 6.07 Å². The van der Waals surface area contributed by atoms with E-state index < -0.39 is 18.0 Å². The summed E-state index contributed by atoms with van der Waals surface area (Å²) in [7, 11) is 0. The largest absolute Gasteiger partial charge is 0.443 e. The standard InChI is InChI=1S/C21H17NO4S/c1-14(23)16-9-5-10-17(13-16)22-20(24)19(15-7-3-2-4-8-15)26-21(25)18-11-6-12-27-18/h2-13,19H,1H3,(H,22,24)/t19-/m1/s1. The smallest absolute Gasteiger partial charge is 0.349 e. The second kappa shape index (κ2) is 8.42. The van der Waals surface area contributed by atoms with Crippen LogP contribution in [0.15, 0.2) is 72.1 Å². The number of nitrogens with one attached hydrogen (secondary N) is 1. The van der Waals surface area contributed by atoms with E-state index in [-0.39, 0.29) is 5.78 Å². The quantitative estimate of drug-likeness (QED) is 0.506. The van der Waals surface area contributed by atoms with E-state index in [1.165, 1.54) is 18.3 Å². The highest BCUT2D eigenvalue weighted by molar-refractivity contribution is 7.11. The lowest BCUT2D eigenvalue weighted by molar-refractivity contribution is -0.125. The molecule has 2 aromatic carbocycles. The van der Waals surface area contributed by atoms with Crippen LogP contribution < -0.4 is 5.32 Å². The number of thiophene rings is 1. The summed E-state index contributed by atoms with van der Waals surface area (Å²) in [5.74, 6) is -1.16. The molecule has 3 aromatic rings. The minimum absolute atomic E-state index is 0.102. The predicted molar refractivity (Wildman–Crippen MR) is 104 cm³/mol. The molecule has 6 heteroatoms. The van der Waals surface area contributed by atoms with Gasteiger partial charge >= 0.3 is 5.97 Å². The van der Waals surface area contributed by atoms with Crippen LogP contribution >= 0.6 is 11.3 Å². The molecular weight excluding hydrogens is 362 g/mol. The average molecular weight is 379 g/mol. The maximum atomic E-state index is 12.8. The van der Waals surface area contributed by atoms with Crippen molar-refractivity contribution in [3.8, 4) is 0 Å². The van der Waals surface area contributed by atoms with Gasteiger partial charge in [0.2, 0.25) is 6.10 Å². The zero-order valence-corrected chi connectivity index (χ0v) is 15.4. The van der Waals surface area contributed by atoms with Crippen LogP contribution in [0.2, 0.25) is 0 Å².